The lowest BCUT2D eigenvalue weighted by Crippen LogP contribution is -2.15. The summed E-state index contributed by atoms with van der Waals surface area (Å²) in [6.45, 7) is 4.91. The minimum atomic E-state index is 0.120. The molecular weight excluding hydrogens is 140 g/mol. The fourth-order valence-electron chi connectivity index (χ4n) is 0.777. The monoisotopic (exact) mass is 156 g/mol. The van der Waals surface area contributed by atoms with Gasteiger partial charge < -0.3 is 4.74 Å². The van der Waals surface area contributed by atoms with Gasteiger partial charge in [0.1, 0.15) is 6.61 Å². The smallest absolute Gasteiger partial charge is 0.160 e. The van der Waals surface area contributed by atoms with E-state index in [0.717, 1.165) is 12.5 Å². The summed E-state index contributed by atoms with van der Waals surface area (Å²) in [4.78, 5) is 11.0. The number of Topliss-reactive ketones (excluding diaryl/α,β-unsaturated/α-hetero) is 1. The summed E-state index contributed by atoms with van der Waals surface area (Å²) >= 11 is 0. The highest BCUT2D eigenvalue weighted by atomic mass is 16.5. The Balaban J connectivity index is 1.96. The van der Waals surface area contributed by atoms with Gasteiger partial charge in [0.05, 0.1) is 0 Å². The summed E-state index contributed by atoms with van der Waals surface area (Å²) in [5, 5.41) is 0. The number of ether oxygens (including phenoxy) is 1. The normalized spacial score (nSPS) is 17.4. The first kappa shape index (κ1) is 8.72. The lowest BCUT2D eigenvalue weighted by atomic mass is 10.1. The molecule has 2 nitrogen and oxygen atoms in total. The minimum Gasteiger partial charge on any atom is -0.373 e. The second kappa shape index (κ2) is 3.86. The Hall–Kier alpha value is -0.370. The maximum absolute atomic E-state index is 11.0. The fraction of sp³-hybridized carbons (Fsp3) is 0.889. The van der Waals surface area contributed by atoms with Crippen molar-refractivity contribution in [2.24, 2.45) is 11.8 Å². The highest BCUT2D eigenvalue weighted by Gasteiger charge is 2.21. The summed E-state index contributed by atoms with van der Waals surface area (Å²) in [6, 6.07) is 0. The highest BCUT2D eigenvalue weighted by molar-refractivity contribution is 5.81. The topological polar surface area (TPSA) is 26.3 Å². The quantitative estimate of drug-likeness (QED) is 0.605. The van der Waals surface area contributed by atoms with E-state index in [9.17, 15) is 4.79 Å². The first-order chi connectivity index (χ1) is 5.20. The summed E-state index contributed by atoms with van der Waals surface area (Å²) in [6.07, 6.45) is 2.58. The predicted molar refractivity (Wildman–Crippen MR) is 43.4 cm³/mol. The van der Waals surface area contributed by atoms with E-state index < -0.39 is 0 Å². The van der Waals surface area contributed by atoms with Gasteiger partial charge >= 0.3 is 0 Å². The number of ketones is 1. The number of hydrogen-bond acceptors (Lipinski definition) is 2. The van der Waals surface area contributed by atoms with Crippen LogP contribution in [0.25, 0.3) is 0 Å². The second-order valence-electron chi connectivity index (χ2n) is 3.58. The van der Waals surface area contributed by atoms with Crippen molar-refractivity contribution in [3.63, 3.8) is 0 Å². The Morgan fingerprint density at radius 3 is 2.64 bits per heavy atom. The van der Waals surface area contributed by atoms with Gasteiger partial charge in [0, 0.05) is 12.5 Å². The van der Waals surface area contributed by atoms with Crippen LogP contribution in [0.1, 0.15) is 26.7 Å². The van der Waals surface area contributed by atoms with Gasteiger partial charge in [-0.2, -0.15) is 0 Å². The third-order valence-electron chi connectivity index (χ3n) is 1.94. The van der Waals surface area contributed by atoms with E-state index in [4.69, 9.17) is 4.74 Å². The van der Waals surface area contributed by atoms with Crippen molar-refractivity contribution < 1.29 is 9.53 Å². The third-order valence-corrected chi connectivity index (χ3v) is 1.94. The zero-order valence-corrected chi connectivity index (χ0v) is 7.30. The first-order valence-electron chi connectivity index (χ1n) is 4.30. The van der Waals surface area contributed by atoms with Crippen molar-refractivity contribution in [3.05, 3.63) is 0 Å². The highest BCUT2D eigenvalue weighted by Crippen LogP contribution is 2.28. The van der Waals surface area contributed by atoms with Crippen molar-refractivity contribution >= 4 is 5.78 Å². The van der Waals surface area contributed by atoms with Gasteiger partial charge in [-0.3, -0.25) is 4.79 Å². The molecule has 2 heteroatoms. The maximum atomic E-state index is 11.0. The standard InChI is InChI=1S/C9H16O2/c1-7(2)9(10)6-11-5-8-3-4-8/h7-8H,3-6H2,1-2H3. The largest absolute Gasteiger partial charge is 0.373 e. The van der Waals surface area contributed by atoms with E-state index in [1.807, 2.05) is 13.8 Å². The molecule has 1 rings (SSSR count). The van der Waals surface area contributed by atoms with Gasteiger partial charge in [0.15, 0.2) is 5.78 Å². The van der Waals surface area contributed by atoms with Crippen LogP contribution in [0.5, 0.6) is 0 Å². The van der Waals surface area contributed by atoms with E-state index in [2.05, 4.69) is 0 Å². The van der Waals surface area contributed by atoms with Crippen LogP contribution in [-0.4, -0.2) is 19.0 Å². The average molecular weight is 156 g/mol. The van der Waals surface area contributed by atoms with Crippen LogP contribution in [0.2, 0.25) is 0 Å². The van der Waals surface area contributed by atoms with Crippen LogP contribution < -0.4 is 0 Å². The van der Waals surface area contributed by atoms with Gasteiger partial charge in [-0.25, -0.2) is 0 Å². The van der Waals surface area contributed by atoms with Gasteiger partial charge in [-0.05, 0) is 18.8 Å². The van der Waals surface area contributed by atoms with E-state index in [1.54, 1.807) is 0 Å². The Morgan fingerprint density at radius 2 is 2.18 bits per heavy atom. The molecule has 0 bridgehead atoms. The Bertz CT molecular complexity index is 136. The molecule has 1 aliphatic carbocycles. The van der Waals surface area contributed by atoms with Crippen LogP contribution >= 0.6 is 0 Å². The molecule has 11 heavy (non-hydrogen) atoms. The number of hydrogen-bond donors (Lipinski definition) is 0. The molecule has 0 aliphatic heterocycles. The van der Waals surface area contributed by atoms with Crippen molar-refractivity contribution in [1.82, 2.24) is 0 Å². The van der Waals surface area contributed by atoms with Gasteiger partial charge in [0.25, 0.3) is 0 Å². The van der Waals surface area contributed by atoms with Crippen LogP contribution in [0.4, 0.5) is 0 Å². The number of carbonyl (C=O) groups excluding carboxylic acids is 1. The lowest BCUT2D eigenvalue weighted by molar-refractivity contribution is -0.126. The molecule has 0 unspecified atom stereocenters. The van der Waals surface area contributed by atoms with Crippen LogP contribution in [-0.2, 0) is 9.53 Å². The second-order valence-corrected chi connectivity index (χ2v) is 3.58. The molecule has 0 heterocycles. The molecule has 0 aromatic rings. The molecule has 1 saturated carbocycles. The Labute approximate surface area is 67.9 Å². The number of carbonyl (C=O) groups is 1. The summed E-state index contributed by atoms with van der Waals surface area (Å²) in [7, 11) is 0. The molecule has 0 atom stereocenters. The molecule has 0 radical (unpaired) electrons. The van der Waals surface area contributed by atoms with Crippen LogP contribution in [0, 0.1) is 11.8 Å². The van der Waals surface area contributed by atoms with Crippen LogP contribution in [0.3, 0.4) is 0 Å². The molecule has 1 fully saturated rings. The Kier molecular flexibility index (Phi) is 3.06. The fourth-order valence-corrected chi connectivity index (χ4v) is 0.777. The number of rotatable bonds is 5. The van der Waals surface area contributed by atoms with E-state index in [1.165, 1.54) is 12.8 Å². The van der Waals surface area contributed by atoms with Crippen molar-refractivity contribution in [2.75, 3.05) is 13.2 Å². The van der Waals surface area contributed by atoms with Crippen molar-refractivity contribution in [1.29, 1.82) is 0 Å². The lowest BCUT2D eigenvalue weighted by Gasteiger charge is -2.04. The zero-order valence-electron chi connectivity index (χ0n) is 7.30. The summed E-state index contributed by atoms with van der Waals surface area (Å²) < 4.78 is 5.23. The summed E-state index contributed by atoms with van der Waals surface area (Å²) in [5.74, 6) is 1.09. The van der Waals surface area contributed by atoms with Crippen LogP contribution in [0.15, 0.2) is 0 Å². The zero-order chi connectivity index (χ0) is 8.27. The first-order valence-corrected chi connectivity index (χ1v) is 4.30. The van der Waals surface area contributed by atoms with E-state index >= 15 is 0 Å². The van der Waals surface area contributed by atoms with E-state index in [-0.39, 0.29) is 11.7 Å². The predicted octanol–water partition coefficient (Wildman–Crippen LogP) is 1.64. The van der Waals surface area contributed by atoms with Gasteiger partial charge in [-0.15, -0.1) is 0 Å². The van der Waals surface area contributed by atoms with Crippen molar-refractivity contribution in [2.45, 2.75) is 26.7 Å². The molecule has 0 amide bonds. The summed E-state index contributed by atoms with van der Waals surface area (Å²) in [5.41, 5.74) is 0. The average Bonchev–Trinajstić information content (AvgIpc) is 2.71. The molecule has 64 valence electrons. The molecule has 0 spiro atoms. The molecule has 1 aliphatic rings. The molecule has 0 N–H and O–H groups in total. The minimum absolute atomic E-state index is 0.120. The maximum Gasteiger partial charge on any atom is 0.160 e. The molecular formula is C9H16O2. The SMILES string of the molecule is CC(C)C(=O)COCC1CC1. The van der Waals surface area contributed by atoms with Crippen molar-refractivity contribution in [3.8, 4) is 0 Å². The van der Waals surface area contributed by atoms with E-state index in [0.29, 0.717) is 6.61 Å². The Morgan fingerprint density at radius 1 is 1.55 bits per heavy atom. The van der Waals surface area contributed by atoms with Gasteiger partial charge in [-0.1, -0.05) is 13.8 Å². The third kappa shape index (κ3) is 3.51. The molecule has 0 aromatic heterocycles. The molecule has 0 aromatic carbocycles. The van der Waals surface area contributed by atoms with Gasteiger partial charge in [0.2, 0.25) is 0 Å². The molecule has 0 saturated heterocycles.